The van der Waals surface area contributed by atoms with Crippen LogP contribution < -0.4 is 11.1 Å². The minimum atomic E-state index is -0.461. The number of nitrogens with one attached hydrogen (secondary N) is 1. The first kappa shape index (κ1) is 29.2. The predicted octanol–water partition coefficient (Wildman–Crippen LogP) is 7.88. The number of nitrogens with two attached hydrogens (primary N) is 1. The monoisotopic (exact) mass is 426 g/mol. The highest BCUT2D eigenvalue weighted by Crippen LogP contribution is 2.15. The second kappa shape index (κ2) is 20.2. The molecule has 0 aromatic carbocycles. The Bertz CT molecular complexity index is 380. The first-order valence-electron chi connectivity index (χ1n) is 13.1. The van der Waals surface area contributed by atoms with Gasteiger partial charge in [0.25, 0.3) is 0 Å². The van der Waals surface area contributed by atoms with Gasteiger partial charge in [-0.3, -0.25) is 0 Å². The van der Waals surface area contributed by atoms with Crippen LogP contribution in [0.15, 0.2) is 0 Å². The Balaban J connectivity index is 3.36. The fourth-order valence-electron chi connectivity index (χ4n) is 3.84. The maximum atomic E-state index is 11.8. The van der Waals surface area contributed by atoms with Crippen molar-refractivity contribution in [2.45, 2.75) is 155 Å². The first-order chi connectivity index (χ1) is 14.4. The molecule has 1 amide bonds. The van der Waals surface area contributed by atoms with Crippen molar-refractivity contribution in [3.8, 4) is 0 Å². The zero-order valence-electron chi connectivity index (χ0n) is 20.9. The van der Waals surface area contributed by atoms with E-state index in [2.05, 4.69) is 12.2 Å². The molecule has 1 unspecified atom stereocenters. The molecule has 0 rings (SSSR count). The summed E-state index contributed by atoms with van der Waals surface area (Å²) >= 11 is 0. The van der Waals surface area contributed by atoms with E-state index in [9.17, 15) is 4.79 Å². The van der Waals surface area contributed by atoms with E-state index in [-0.39, 0.29) is 12.1 Å². The summed E-state index contributed by atoms with van der Waals surface area (Å²) in [6, 6.07) is 0.0243. The maximum absolute atomic E-state index is 11.8. The first-order valence-corrected chi connectivity index (χ1v) is 13.1. The molecule has 0 saturated heterocycles. The quantitative estimate of drug-likeness (QED) is 0.195. The summed E-state index contributed by atoms with van der Waals surface area (Å²) in [5.41, 5.74) is 5.33. The fraction of sp³-hybridized carbons (Fsp3) is 0.962. The van der Waals surface area contributed by atoms with Crippen molar-refractivity contribution >= 4 is 6.09 Å². The fourth-order valence-corrected chi connectivity index (χ4v) is 3.84. The molecule has 0 aliphatic rings. The van der Waals surface area contributed by atoms with Gasteiger partial charge < -0.3 is 15.8 Å². The van der Waals surface area contributed by atoms with Crippen LogP contribution in [0, 0.1) is 0 Å². The van der Waals surface area contributed by atoms with E-state index in [1.807, 2.05) is 20.8 Å². The smallest absolute Gasteiger partial charge is 0.407 e. The van der Waals surface area contributed by atoms with Gasteiger partial charge in [0, 0.05) is 12.6 Å². The van der Waals surface area contributed by atoms with Crippen molar-refractivity contribution in [1.82, 2.24) is 5.32 Å². The largest absolute Gasteiger partial charge is 0.444 e. The van der Waals surface area contributed by atoms with Crippen LogP contribution in [0.1, 0.15) is 143 Å². The molecule has 0 radical (unpaired) electrons. The number of amides is 1. The van der Waals surface area contributed by atoms with Crippen LogP contribution in [-0.4, -0.2) is 24.3 Å². The zero-order chi connectivity index (χ0) is 22.5. The highest BCUT2D eigenvalue weighted by atomic mass is 16.6. The van der Waals surface area contributed by atoms with E-state index < -0.39 is 5.60 Å². The van der Waals surface area contributed by atoms with Crippen molar-refractivity contribution in [1.29, 1.82) is 0 Å². The van der Waals surface area contributed by atoms with Crippen molar-refractivity contribution < 1.29 is 9.53 Å². The van der Waals surface area contributed by atoms with Crippen LogP contribution in [0.25, 0.3) is 0 Å². The van der Waals surface area contributed by atoms with E-state index in [1.54, 1.807) is 0 Å². The molecule has 0 aromatic rings. The van der Waals surface area contributed by atoms with E-state index >= 15 is 0 Å². The Morgan fingerprint density at radius 2 is 1.10 bits per heavy atom. The molecule has 30 heavy (non-hydrogen) atoms. The van der Waals surface area contributed by atoms with Crippen LogP contribution >= 0.6 is 0 Å². The third-order valence-corrected chi connectivity index (χ3v) is 5.66. The van der Waals surface area contributed by atoms with Crippen LogP contribution in [0.4, 0.5) is 4.79 Å². The average molecular weight is 427 g/mol. The van der Waals surface area contributed by atoms with E-state index in [0.717, 1.165) is 12.8 Å². The van der Waals surface area contributed by atoms with Crippen LogP contribution in [0.5, 0.6) is 0 Å². The van der Waals surface area contributed by atoms with Gasteiger partial charge in [0.05, 0.1) is 0 Å². The summed E-state index contributed by atoms with van der Waals surface area (Å²) in [6.07, 6.45) is 24.0. The molecule has 1 atom stereocenters. The molecule has 0 heterocycles. The minimum absolute atomic E-state index is 0.0243. The molecule has 0 fully saturated rings. The predicted molar refractivity (Wildman–Crippen MR) is 131 cm³/mol. The summed E-state index contributed by atoms with van der Waals surface area (Å²) in [7, 11) is 0. The van der Waals surface area contributed by atoms with Crippen LogP contribution in [0.3, 0.4) is 0 Å². The van der Waals surface area contributed by atoms with E-state index in [0.29, 0.717) is 6.54 Å². The van der Waals surface area contributed by atoms with Gasteiger partial charge in [0.15, 0.2) is 0 Å². The number of carbonyl (C=O) groups excluding carboxylic acids is 1. The van der Waals surface area contributed by atoms with Crippen molar-refractivity contribution in [3.63, 3.8) is 0 Å². The molecular weight excluding hydrogens is 372 g/mol. The second-order valence-electron chi connectivity index (χ2n) is 10.0. The Morgan fingerprint density at radius 3 is 1.43 bits per heavy atom. The molecule has 180 valence electrons. The van der Waals surface area contributed by atoms with Gasteiger partial charge in [-0.1, -0.05) is 116 Å². The maximum Gasteiger partial charge on any atom is 0.407 e. The van der Waals surface area contributed by atoms with Crippen molar-refractivity contribution in [2.75, 3.05) is 6.54 Å². The van der Waals surface area contributed by atoms with Crippen LogP contribution in [0.2, 0.25) is 0 Å². The van der Waals surface area contributed by atoms with Gasteiger partial charge in [-0.15, -0.1) is 0 Å². The van der Waals surface area contributed by atoms with Gasteiger partial charge in [0.1, 0.15) is 5.60 Å². The molecule has 0 spiro atoms. The lowest BCUT2D eigenvalue weighted by Crippen LogP contribution is -2.42. The molecule has 4 nitrogen and oxygen atoms in total. The summed E-state index contributed by atoms with van der Waals surface area (Å²) in [5, 5.41) is 2.89. The van der Waals surface area contributed by atoms with E-state index in [4.69, 9.17) is 10.5 Å². The SMILES string of the molecule is CCCCCCCCCCCCCCCCCCCC(CN)NC(=O)OC(C)(C)C. The summed E-state index contributed by atoms with van der Waals surface area (Å²) < 4.78 is 5.30. The summed E-state index contributed by atoms with van der Waals surface area (Å²) in [6.45, 7) is 8.38. The lowest BCUT2D eigenvalue weighted by Gasteiger charge is -2.23. The number of rotatable bonds is 20. The Hall–Kier alpha value is -0.770. The lowest BCUT2D eigenvalue weighted by atomic mass is 10.0. The number of carbonyl (C=O) groups is 1. The molecular formula is C26H54N2O2. The summed E-state index contributed by atoms with van der Waals surface area (Å²) in [5.74, 6) is 0. The van der Waals surface area contributed by atoms with Gasteiger partial charge in [-0.2, -0.15) is 0 Å². The Morgan fingerprint density at radius 1 is 0.733 bits per heavy atom. The third-order valence-electron chi connectivity index (χ3n) is 5.66. The number of alkyl carbamates (subject to hydrolysis) is 1. The molecule has 0 aliphatic heterocycles. The second-order valence-corrected chi connectivity index (χ2v) is 10.0. The topological polar surface area (TPSA) is 64.3 Å². The van der Waals surface area contributed by atoms with Crippen LogP contribution in [-0.2, 0) is 4.74 Å². The Labute approximate surface area is 188 Å². The third kappa shape index (κ3) is 21.9. The molecule has 4 heteroatoms. The molecule has 0 aliphatic carbocycles. The molecule has 0 saturated carbocycles. The summed E-state index contributed by atoms with van der Waals surface area (Å²) in [4.78, 5) is 11.8. The number of ether oxygens (including phenoxy) is 1. The van der Waals surface area contributed by atoms with Crippen molar-refractivity contribution in [2.24, 2.45) is 5.73 Å². The van der Waals surface area contributed by atoms with Gasteiger partial charge in [0.2, 0.25) is 0 Å². The highest BCUT2D eigenvalue weighted by molar-refractivity contribution is 5.68. The van der Waals surface area contributed by atoms with E-state index in [1.165, 1.54) is 103 Å². The highest BCUT2D eigenvalue weighted by Gasteiger charge is 2.18. The van der Waals surface area contributed by atoms with Gasteiger partial charge in [-0.25, -0.2) is 4.79 Å². The van der Waals surface area contributed by atoms with Gasteiger partial charge in [-0.05, 0) is 27.2 Å². The average Bonchev–Trinajstić information content (AvgIpc) is 2.68. The standard InChI is InChI=1S/C26H54N2O2/c1-5-6-7-8-9-10-11-12-13-14-15-16-17-18-19-20-21-22-24(23-27)28-25(29)30-26(2,3)4/h24H,5-23,27H2,1-4H3,(H,28,29). The normalized spacial score (nSPS) is 12.7. The van der Waals surface area contributed by atoms with Crippen molar-refractivity contribution in [3.05, 3.63) is 0 Å². The zero-order valence-corrected chi connectivity index (χ0v) is 20.9. The number of hydrogen-bond donors (Lipinski definition) is 2. The number of hydrogen-bond acceptors (Lipinski definition) is 3. The molecule has 3 N–H and O–H groups in total. The minimum Gasteiger partial charge on any atom is -0.444 e. The van der Waals surface area contributed by atoms with Gasteiger partial charge >= 0.3 is 6.09 Å². The Kier molecular flexibility index (Phi) is 19.6. The lowest BCUT2D eigenvalue weighted by molar-refractivity contribution is 0.0503. The molecule has 0 aromatic heterocycles. The number of unbranched alkanes of at least 4 members (excludes halogenated alkanes) is 16. The molecule has 0 bridgehead atoms.